The Morgan fingerprint density at radius 3 is 2.70 bits per heavy atom. The van der Waals surface area contributed by atoms with Crippen molar-refractivity contribution in [1.29, 1.82) is 0 Å². The fourth-order valence-electron chi connectivity index (χ4n) is 3.44. The average molecular weight is 372 g/mol. The van der Waals surface area contributed by atoms with Gasteiger partial charge in [-0.1, -0.05) is 13.3 Å². The van der Waals surface area contributed by atoms with Gasteiger partial charge < -0.3 is 24.4 Å². The lowest BCUT2D eigenvalue weighted by Crippen LogP contribution is -2.49. The molecule has 27 heavy (non-hydrogen) atoms. The number of hydrogen-bond donors (Lipinski definition) is 1. The molecule has 0 unspecified atom stereocenters. The Morgan fingerprint density at radius 1 is 1.26 bits per heavy atom. The van der Waals surface area contributed by atoms with E-state index in [9.17, 15) is 19.5 Å². The standard InChI is InChI=1S/C20H23NO6/c1-2-5-16(19(23)24)21-18(22)11-26-12-8-9-14-13-6-3-4-7-15(13)20(25)27-17(14)10-12/h8-10,16H,2-7,11H2,1H3,(H,21,22)(H,23,24)/p-1/t16-/m0/s1. The number of benzene rings is 1. The summed E-state index contributed by atoms with van der Waals surface area (Å²) in [6, 6.07) is 4.09. The van der Waals surface area contributed by atoms with Gasteiger partial charge in [0.1, 0.15) is 11.3 Å². The van der Waals surface area contributed by atoms with Crippen LogP contribution in [0.15, 0.2) is 27.4 Å². The van der Waals surface area contributed by atoms with Crippen LogP contribution >= 0.6 is 0 Å². The molecule has 0 bridgehead atoms. The Bertz CT molecular complexity index is 917. The summed E-state index contributed by atoms with van der Waals surface area (Å²) in [5, 5.41) is 14.3. The quantitative estimate of drug-likeness (QED) is 0.729. The van der Waals surface area contributed by atoms with Gasteiger partial charge in [-0.05, 0) is 49.8 Å². The zero-order chi connectivity index (χ0) is 19.4. The minimum absolute atomic E-state index is 0.292. The van der Waals surface area contributed by atoms with Gasteiger partial charge in [0, 0.05) is 17.0 Å². The molecule has 0 saturated carbocycles. The van der Waals surface area contributed by atoms with Gasteiger partial charge in [0.05, 0.1) is 12.0 Å². The predicted octanol–water partition coefficient (Wildman–Crippen LogP) is 1.09. The van der Waals surface area contributed by atoms with Crippen LogP contribution in [0.25, 0.3) is 11.0 Å². The van der Waals surface area contributed by atoms with Crippen LogP contribution in [0.1, 0.15) is 43.7 Å². The minimum Gasteiger partial charge on any atom is -0.548 e. The van der Waals surface area contributed by atoms with Gasteiger partial charge in [0.25, 0.3) is 5.91 Å². The van der Waals surface area contributed by atoms with E-state index in [1.165, 1.54) is 0 Å². The summed E-state index contributed by atoms with van der Waals surface area (Å²) in [5.41, 5.74) is 1.90. The number of aliphatic carboxylic acids is 1. The summed E-state index contributed by atoms with van der Waals surface area (Å²) >= 11 is 0. The Kier molecular flexibility index (Phi) is 5.78. The average Bonchev–Trinajstić information content (AvgIpc) is 2.66. The molecule has 7 heteroatoms. The monoisotopic (exact) mass is 372 g/mol. The lowest BCUT2D eigenvalue weighted by molar-refractivity contribution is -0.308. The van der Waals surface area contributed by atoms with Crippen molar-refractivity contribution < 1.29 is 23.8 Å². The summed E-state index contributed by atoms with van der Waals surface area (Å²) < 4.78 is 10.8. The van der Waals surface area contributed by atoms with Crippen molar-refractivity contribution >= 4 is 22.8 Å². The number of carboxylic acids is 1. The molecule has 0 spiro atoms. The van der Waals surface area contributed by atoms with Gasteiger partial charge >= 0.3 is 5.63 Å². The number of carbonyl (C=O) groups excluding carboxylic acids is 2. The van der Waals surface area contributed by atoms with Gasteiger partial charge in [-0.25, -0.2) is 4.79 Å². The maximum Gasteiger partial charge on any atom is 0.339 e. The molecule has 1 aromatic heterocycles. The third-order valence-corrected chi connectivity index (χ3v) is 4.76. The van der Waals surface area contributed by atoms with E-state index < -0.39 is 17.9 Å². The largest absolute Gasteiger partial charge is 0.548 e. The fourth-order valence-corrected chi connectivity index (χ4v) is 3.44. The summed E-state index contributed by atoms with van der Waals surface area (Å²) in [6.45, 7) is 1.48. The molecule has 2 aromatic rings. The number of rotatable bonds is 7. The third kappa shape index (κ3) is 4.30. The SMILES string of the molecule is CCC[C@H](NC(=O)COc1ccc2c3c(c(=O)oc2c1)CCCC3)C(=O)[O-]. The smallest absolute Gasteiger partial charge is 0.339 e. The molecule has 1 N–H and O–H groups in total. The van der Waals surface area contributed by atoms with Crippen molar-refractivity contribution in [3.05, 3.63) is 39.7 Å². The maximum atomic E-state index is 12.2. The molecule has 1 amide bonds. The first-order chi connectivity index (χ1) is 13.0. The molecular weight excluding hydrogens is 350 g/mol. The van der Waals surface area contributed by atoms with Crippen LogP contribution < -0.4 is 20.8 Å². The molecule has 1 atom stereocenters. The van der Waals surface area contributed by atoms with Crippen molar-refractivity contribution in [2.75, 3.05) is 6.61 Å². The lowest BCUT2D eigenvalue weighted by Gasteiger charge is -2.19. The summed E-state index contributed by atoms with van der Waals surface area (Å²) in [5.74, 6) is -1.50. The summed E-state index contributed by atoms with van der Waals surface area (Å²) in [4.78, 5) is 35.1. The van der Waals surface area contributed by atoms with Crippen molar-refractivity contribution in [2.24, 2.45) is 0 Å². The number of ether oxygens (including phenoxy) is 1. The van der Waals surface area contributed by atoms with E-state index in [-0.39, 0.29) is 12.2 Å². The normalized spacial score (nSPS) is 14.4. The molecule has 0 saturated heterocycles. The molecule has 7 nitrogen and oxygen atoms in total. The number of amides is 1. The van der Waals surface area contributed by atoms with E-state index in [0.717, 1.165) is 42.2 Å². The van der Waals surface area contributed by atoms with Crippen LogP contribution in [0.5, 0.6) is 5.75 Å². The van der Waals surface area contributed by atoms with Crippen LogP contribution in [-0.2, 0) is 22.4 Å². The van der Waals surface area contributed by atoms with Crippen molar-refractivity contribution in [3.8, 4) is 5.75 Å². The highest BCUT2D eigenvalue weighted by molar-refractivity contribution is 5.84. The van der Waals surface area contributed by atoms with Crippen LogP contribution in [0.2, 0.25) is 0 Å². The van der Waals surface area contributed by atoms with Gasteiger partial charge in [-0.2, -0.15) is 0 Å². The van der Waals surface area contributed by atoms with E-state index >= 15 is 0 Å². The summed E-state index contributed by atoms with van der Waals surface area (Å²) in [7, 11) is 0. The zero-order valence-electron chi connectivity index (χ0n) is 15.2. The molecule has 1 heterocycles. The zero-order valence-corrected chi connectivity index (χ0v) is 15.2. The van der Waals surface area contributed by atoms with Gasteiger partial charge in [-0.15, -0.1) is 0 Å². The highest BCUT2D eigenvalue weighted by atomic mass is 16.5. The van der Waals surface area contributed by atoms with Crippen LogP contribution in [0.4, 0.5) is 0 Å². The third-order valence-electron chi connectivity index (χ3n) is 4.76. The van der Waals surface area contributed by atoms with Gasteiger partial charge in [0.2, 0.25) is 0 Å². The Hall–Kier alpha value is -2.83. The van der Waals surface area contributed by atoms with E-state index in [2.05, 4.69) is 5.32 Å². The van der Waals surface area contributed by atoms with Crippen molar-refractivity contribution in [2.45, 2.75) is 51.5 Å². The first-order valence-electron chi connectivity index (χ1n) is 9.21. The predicted molar refractivity (Wildman–Crippen MR) is 96.5 cm³/mol. The molecule has 1 aliphatic carbocycles. The van der Waals surface area contributed by atoms with E-state index in [4.69, 9.17) is 9.15 Å². The van der Waals surface area contributed by atoms with E-state index in [1.807, 2.05) is 13.0 Å². The minimum atomic E-state index is -1.32. The van der Waals surface area contributed by atoms with Crippen LogP contribution in [0.3, 0.4) is 0 Å². The molecule has 0 fully saturated rings. The second-order valence-corrected chi connectivity index (χ2v) is 6.73. The fraction of sp³-hybridized carbons (Fsp3) is 0.450. The number of fused-ring (bicyclic) bond motifs is 3. The molecule has 1 aliphatic rings. The Morgan fingerprint density at radius 2 is 2.00 bits per heavy atom. The second kappa shape index (κ2) is 8.24. The number of aryl methyl sites for hydroxylation is 1. The second-order valence-electron chi connectivity index (χ2n) is 6.73. The molecule has 0 radical (unpaired) electrons. The highest BCUT2D eigenvalue weighted by Gasteiger charge is 2.18. The first kappa shape index (κ1) is 18.9. The number of hydrogen-bond acceptors (Lipinski definition) is 6. The van der Waals surface area contributed by atoms with E-state index in [0.29, 0.717) is 24.2 Å². The first-order valence-corrected chi connectivity index (χ1v) is 9.21. The topological polar surface area (TPSA) is 109 Å². The summed E-state index contributed by atoms with van der Waals surface area (Å²) in [6.07, 6.45) is 4.52. The van der Waals surface area contributed by atoms with Crippen LogP contribution in [0, 0.1) is 0 Å². The van der Waals surface area contributed by atoms with Crippen molar-refractivity contribution in [1.82, 2.24) is 5.32 Å². The number of nitrogens with one attached hydrogen (secondary N) is 1. The van der Waals surface area contributed by atoms with Gasteiger partial charge in [-0.3, -0.25) is 4.79 Å². The maximum absolute atomic E-state index is 12.2. The van der Waals surface area contributed by atoms with Gasteiger partial charge in [0.15, 0.2) is 6.61 Å². The number of carbonyl (C=O) groups is 2. The molecule has 1 aromatic carbocycles. The molecule has 0 aliphatic heterocycles. The Labute approximate surface area is 156 Å². The molecule has 144 valence electrons. The number of carboxylic acid groups (broad SMARTS) is 1. The van der Waals surface area contributed by atoms with E-state index in [1.54, 1.807) is 12.1 Å². The molecule has 3 rings (SSSR count). The lowest BCUT2D eigenvalue weighted by atomic mass is 9.91. The highest BCUT2D eigenvalue weighted by Crippen LogP contribution is 2.29. The van der Waals surface area contributed by atoms with Crippen LogP contribution in [-0.4, -0.2) is 24.5 Å². The Balaban J connectivity index is 1.72. The van der Waals surface area contributed by atoms with Crippen molar-refractivity contribution in [3.63, 3.8) is 0 Å². The molecular formula is C20H22NO6-.